The van der Waals surface area contributed by atoms with Gasteiger partial charge in [-0.3, -0.25) is 9.59 Å². The van der Waals surface area contributed by atoms with Crippen LogP contribution in [0.3, 0.4) is 0 Å². The molecule has 1 aliphatic heterocycles. The fraction of sp³-hybridized carbons (Fsp3) is 0.304. The highest BCUT2D eigenvalue weighted by atomic mass is 16.6. The minimum Gasteiger partial charge on any atom is -0.376 e. The number of ether oxygens (including phenoxy) is 2. The highest BCUT2D eigenvalue weighted by molar-refractivity contribution is 5.94. The third-order valence-electron chi connectivity index (χ3n) is 5.05. The Balaban J connectivity index is 1.65. The van der Waals surface area contributed by atoms with Crippen molar-refractivity contribution in [2.24, 2.45) is 0 Å². The number of hydrogen-bond acceptors (Lipinski definition) is 4. The van der Waals surface area contributed by atoms with Crippen LogP contribution in [-0.4, -0.2) is 48.3 Å². The van der Waals surface area contributed by atoms with Crippen LogP contribution in [-0.2, 0) is 16.0 Å². The number of nitrogens with one attached hydrogen (secondary N) is 1. The van der Waals surface area contributed by atoms with Crippen LogP contribution in [0.1, 0.15) is 21.5 Å². The van der Waals surface area contributed by atoms with Gasteiger partial charge in [-0.15, -0.1) is 0 Å². The van der Waals surface area contributed by atoms with Crippen LogP contribution in [0.15, 0.2) is 59.4 Å². The minimum atomic E-state index is -0.210. The molecule has 1 amide bonds. The number of carbonyl (C=O) groups is 1. The Morgan fingerprint density at radius 1 is 1.14 bits per heavy atom. The highest BCUT2D eigenvalue weighted by Gasteiger charge is 2.24. The van der Waals surface area contributed by atoms with E-state index >= 15 is 0 Å². The quantitative estimate of drug-likeness (QED) is 0.725. The predicted molar refractivity (Wildman–Crippen MR) is 111 cm³/mol. The Morgan fingerprint density at radius 2 is 1.97 bits per heavy atom. The van der Waals surface area contributed by atoms with Gasteiger partial charge in [0.25, 0.3) is 11.5 Å². The van der Waals surface area contributed by atoms with Gasteiger partial charge in [0, 0.05) is 23.2 Å². The Labute approximate surface area is 169 Å². The molecule has 2 aromatic carbocycles. The summed E-state index contributed by atoms with van der Waals surface area (Å²) in [5.74, 6) is -0.136. The number of hydrogen-bond donors (Lipinski definition) is 1. The van der Waals surface area contributed by atoms with E-state index in [1.54, 1.807) is 17.0 Å². The summed E-state index contributed by atoms with van der Waals surface area (Å²) in [5, 5.41) is 0.948. The van der Waals surface area contributed by atoms with Crippen LogP contribution >= 0.6 is 0 Å². The Bertz CT molecular complexity index is 1060. The number of carbonyl (C=O) groups excluding carboxylic acids is 1. The van der Waals surface area contributed by atoms with E-state index < -0.39 is 0 Å². The van der Waals surface area contributed by atoms with Gasteiger partial charge in [-0.25, -0.2) is 0 Å². The molecule has 1 fully saturated rings. The van der Waals surface area contributed by atoms with Crippen LogP contribution < -0.4 is 5.56 Å². The molecule has 1 saturated heterocycles. The molecule has 0 unspecified atom stereocenters. The van der Waals surface area contributed by atoms with E-state index in [-0.39, 0.29) is 24.1 Å². The first-order chi connectivity index (χ1) is 14.1. The number of benzene rings is 2. The van der Waals surface area contributed by atoms with Crippen molar-refractivity contribution in [1.29, 1.82) is 0 Å². The first-order valence-corrected chi connectivity index (χ1v) is 9.76. The second-order valence-electron chi connectivity index (χ2n) is 7.33. The number of rotatable bonds is 5. The van der Waals surface area contributed by atoms with E-state index in [0.717, 1.165) is 16.5 Å². The van der Waals surface area contributed by atoms with Crippen LogP contribution in [0.25, 0.3) is 10.9 Å². The summed E-state index contributed by atoms with van der Waals surface area (Å²) in [6.07, 6.45) is -0.210. The zero-order valence-electron chi connectivity index (χ0n) is 16.4. The molecule has 6 nitrogen and oxygen atoms in total. The van der Waals surface area contributed by atoms with Crippen LogP contribution in [0, 0.1) is 6.92 Å². The fourth-order valence-corrected chi connectivity index (χ4v) is 3.56. The standard InChI is InChI=1S/C23H24N2O4/c1-16-7-8-21-18(11-16)12-19(22(26)24-21)13-25(14-20-15-28-9-10-29-20)23(27)17-5-3-2-4-6-17/h2-8,11-12,20H,9-10,13-15H2,1H3,(H,24,26)/t20-/m0/s1. The largest absolute Gasteiger partial charge is 0.376 e. The van der Waals surface area contributed by atoms with Crippen molar-refractivity contribution in [3.05, 3.63) is 81.6 Å². The number of pyridine rings is 1. The van der Waals surface area contributed by atoms with Gasteiger partial charge in [0.05, 0.1) is 32.5 Å². The normalized spacial score (nSPS) is 16.7. The number of aromatic nitrogens is 1. The van der Waals surface area contributed by atoms with E-state index in [4.69, 9.17) is 9.47 Å². The van der Waals surface area contributed by atoms with Gasteiger partial charge in [-0.05, 0) is 42.6 Å². The minimum absolute atomic E-state index is 0.136. The molecule has 29 heavy (non-hydrogen) atoms. The molecule has 1 aromatic heterocycles. The third kappa shape index (κ3) is 4.55. The van der Waals surface area contributed by atoms with Crippen LogP contribution in [0.4, 0.5) is 0 Å². The van der Waals surface area contributed by atoms with Gasteiger partial charge in [0.2, 0.25) is 0 Å². The first kappa shape index (κ1) is 19.4. The van der Waals surface area contributed by atoms with Crippen molar-refractivity contribution < 1.29 is 14.3 Å². The lowest BCUT2D eigenvalue weighted by Gasteiger charge is -2.30. The van der Waals surface area contributed by atoms with Crippen molar-refractivity contribution in [3.8, 4) is 0 Å². The second-order valence-corrected chi connectivity index (χ2v) is 7.33. The molecule has 2 heterocycles. The topological polar surface area (TPSA) is 71.6 Å². The van der Waals surface area contributed by atoms with E-state index in [1.165, 1.54) is 0 Å². The van der Waals surface area contributed by atoms with E-state index in [2.05, 4.69) is 4.98 Å². The molecule has 0 saturated carbocycles. The molecular formula is C23H24N2O4. The summed E-state index contributed by atoms with van der Waals surface area (Å²) in [7, 11) is 0. The summed E-state index contributed by atoms with van der Waals surface area (Å²) in [5.41, 5.74) is 2.84. The Hall–Kier alpha value is -2.96. The molecular weight excluding hydrogens is 368 g/mol. The van der Waals surface area contributed by atoms with Gasteiger partial charge >= 0.3 is 0 Å². The summed E-state index contributed by atoms with van der Waals surface area (Å²) in [6, 6.07) is 16.8. The maximum Gasteiger partial charge on any atom is 0.254 e. The molecule has 4 rings (SSSR count). The van der Waals surface area contributed by atoms with Crippen molar-refractivity contribution in [1.82, 2.24) is 9.88 Å². The van der Waals surface area contributed by atoms with Crippen molar-refractivity contribution in [2.75, 3.05) is 26.4 Å². The van der Waals surface area contributed by atoms with Gasteiger partial charge in [0.15, 0.2) is 0 Å². The van der Waals surface area contributed by atoms with Gasteiger partial charge < -0.3 is 19.4 Å². The Kier molecular flexibility index (Phi) is 5.74. The van der Waals surface area contributed by atoms with Crippen LogP contribution in [0.5, 0.6) is 0 Å². The molecule has 150 valence electrons. The average Bonchev–Trinajstić information content (AvgIpc) is 2.75. The van der Waals surface area contributed by atoms with Gasteiger partial charge in [-0.1, -0.05) is 29.8 Å². The summed E-state index contributed by atoms with van der Waals surface area (Å²) >= 11 is 0. The first-order valence-electron chi connectivity index (χ1n) is 9.76. The number of fused-ring (bicyclic) bond motifs is 1. The molecule has 6 heteroatoms. The molecule has 3 aromatic rings. The fourth-order valence-electron chi connectivity index (χ4n) is 3.56. The average molecular weight is 392 g/mol. The number of amides is 1. The SMILES string of the molecule is Cc1ccc2[nH]c(=O)c(CN(C[C@H]3COCCO3)C(=O)c3ccccc3)cc2c1. The third-order valence-corrected chi connectivity index (χ3v) is 5.05. The van der Waals surface area contributed by atoms with Crippen molar-refractivity contribution in [3.63, 3.8) is 0 Å². The van der Waals surface area contributed by atoms with Crippen LogP contribution in [0.2, 0.25) is 0 Å². The Morgan fingerprint density at radius 3 is 2.72 bits per heavy atom. The zero-order chi connectivity index (χ0) is 20.2. The summed E-state index contributed by atoms with van der Waals surface area (Å²) in [4.78, 5) is 30.4. The maximum atomic E-state index is 13.2. The second kappa shape index (κ2) is 8.59. The van der Waals surface area contributed by atoms with E-state index in [0.29, 0.717) is 37.5 Å². The van der Waals surface area contributed by atoms with E-state index in [9.17, 15) is 9.59 Å². The maximum absolute atomic E-state index is 13.2. The lowest BCUT2D eigenvalue weighted by Crippen LogP contribution is -2.43. The molecule has 0 aliphatic carbocycles. The highest BCUT2D eigenvalue weighted by Crippen LogP contribution is 2.16. The summed E-state index contributed by atoms with van der Waals surface area (Å²) < 4.78 is 11.2. The molecule has 1 atom stereocenters. The number of aryl methyl sites for hydroxylation is 1. The van der Waals surface area contributed by atoms with Gasteiger partial charge in [0.1, 0.15) is 0 Å². The number of nitrogens with zero attached hydrogens (tertiary/aromatic N) is 1. The number of aromatic amines is 1. The molecule has 1 N–H and O–H groups in total. The van der Waals surface area contributed by atoms with Crippen molar-refractivity contribution in [2.45, 2.75) is 19.6 Å². The molecule has 0 bridgehead atoms. The smallest absolute Gasteiger partial charge is 0.254 e. The zero-order valence-corrected chi connectivity index (χ0v) is 16.4. The summed E-state index contributed by atoms with van der Waals surface area (Å²) in [6.45, 7) is 4.08. The van der Waals surface area contributed by atoms with Gasteiger partial charge in [-0.2, -0.15) is 0 Å². The predicted octanol–water partition coefficient (Wildman–Crippen LogP) is 2.89. The molecule has 1 aliphatic rings. The number of H-pyrrole nitrogens is 1. The molecule has 0 spiro atoms. The lowest BCUT2D eigenvalue weighted by atomic mass is 10.1. The monoisotopic (exact) mass is 392 g/mol. The lowest BCUT2D eigenvalue weighted by molar-refractivity contribution is -0.0953. The van der Waals surface area contributed by atoms with Crippen molar-refractivity contribution >= 4 is 16.8 Å². The molecule has 0 radical (unpaired) electrons. The van der Waals surface area contributed by atoms with E-state index in [1.807, 2.05) is 49.4 Å².